The van der Waals surface area contributed by atoms with Crippen molar-refractivity contribution in [2.24, 2.45) is 0 Å². The molecule has 1 heterocycles. The lowest BCUT2D eigenvalue weighted by atomic mass is 10.1. The molecular weight excluding hydrogens is 185 g/mol. The second-order valence-electron chi connectivity index (χ2n) is 2.83. The number of carboxylic acid groups (broad SMARTS) is 1. The quantitative estimate of drug-likeness (QED) is 0.750. The molecule has 0 aliphatic carbocycles. The van der Waals surface area contributed by atoms with Crippen LogP contribution in [0, 0.1) is 5.82 Å². The van der Waals surface area contributed by atoms with Gasteiger partial charge in [-0.25, -0.2) is 9.18 Å². The Hall–Kier alpha value is -1.97. The van der Waals surface area contributed by atoms with E-state index < -0.39 is 11.8 Å². The van der Waals surface area contributed by atoms with Gasteiger partial charge in [-0.3, -0.25) is 4.98 Å². The standard InChI is InChI=1S/C10H6FNO2/c11-8-4-6(10(13)14)5-9-7(8)2-1-3-12-9/h1-5H,(H,13,14). The molecule has 1 aromatic carbocycles. The first-order valence-corrected chi connectivity index (χ1v) is 3.96. The average molecular weight is 191 g/mol. The molecule has 0 bridgehead atoms. The minimum absolute atomic E-state index is 0.0892. The van der Waals surface area contributed by atoms with E-state index in [-0.39, 0.29) is 5.56 Å². The smallest absolute Gasteiger partial charge is 0.335 e. The number of carbonyl (C=O) groups is 1. The van der Waals surface area contributed by atoms with Gasteiger partial charge in [0.1, 0.15) is 5.82 Å². The highest BCUT2D eigenvalue weighted by molar-refractivity contribution is 5.93. The van der Waals surface area contributed by atoms with Crippen LogP contribution in [0.25, 0.3) is 10.9 Å². The number of rotatable bonds is 1. The number of benzene rings is 1. The molecule has 70 valence electrons. The lowest BCUT2D eigenvalue weighted by molar-refractivity contribution is 0.0696. The van der Waals surface area contributed by atoms with E-state index in [0.717, 1.165) is 6.07 Å². The maximum absolute atomic E-state index is 13.3. The zero-order valence-electron chi connectivity index (χ0n) is 7.07. The summed E-state index contributed by atoms with van der Waals surface area (Å²) in [5, 5.41) is 9.01. The Morgan fingerprint density at radius 2 is 2.21 bits per heavy atom. The SMILES string of the molecule is O=C(O)c1cc(F)c2cccnc2c1. The third kappa shape index (κ3) is 1.31. The number of carboxylic acids is 1. The van der Waals surface area contributed by atoms with Crippen LogP contribution < -0.4 is 0 Å². The van der Waals surface area contributed by atoms with E-state index in [1.54, 1.807) is 12.1 Å². The third-order valence-corrected chi connectivity index (χ3v) is 1.92. The molecule has 2 rings (SSSR count). The Morgan fingerprint density at radius 3 is 2.93 bits per heavy atom. The largest absolute Gasteiger partial charge is 0.478 e. The molecule has 2 aromatic rings. The molecule has 4 heteroatoms. The van der Waals surface area contributed by atoms with Crippen molar-refractivity contribution < 1.29 is 14.3 Å². The van der Waals surface area contributed by atoms with Crippen LogP contribution >= 0.6 is 0 Å². The summed E-state index contributed by atoms with van der Waals surface area (Å²) in [5.41, 5.74) is 0.263. The van der Waals surface area contributed by atoms with Gasteiger partial charge in [-0.15, -0.1) is 0 Å². The molecule has 0 radical (unpaired) electrons. The molecule has 0 spiro atoms. The van der Waals surface area contributed by atoms with Crippen molar-refractivity contribution in [1.29, 1.82) is 0 Å². The van der Waals surface area contributed by atoms with Crippen LogP contribution in [0.4, 0.5) is 4.39 Å². The highest BCUT2D eigenvalue weighted by Crippen LogP contribution is 2.17. The monoisotopic (exact) mass is 191 g/mol. The molecule has 0 atom stereocenters. The number of aromatic carboxylic acids is 1. The first kappa shape index (κ1) is 8.62. The number of hydrogen-bond donors (Lipinski definition) is 1. The molecule has 0 amide bonds. The summed E-state index contributed by atoms with van der Waals surface area (Å²) in [4.78, 5) is 14.5. The van der Waals surface area contributed by atoms with Crippen LogP contribution in [0.1, 0.15) is 10.4 Å². The number of aromatic nitrogens is 1. The summed E-state index contributed by atoms with van der Waals surface area (Å²) < 4.78 is 13.3. The normalized spacial score (nSPS) is 10.4. The van der Waals surface area contributed by atoms with Crippen LogP contribution in [-0.4, -0.2) is 16.1 Å². The lowest BCUT2D eigenvalue weighted by Crippen LogP contribution is -1.97. The lowest BCUT2D eigenvalue weighted by Gasteiger charge is -2.00. The topological polar surface area (TPSA) is 50.2 Å². The van der Waals surface area contributed by atoms with Gasteiger partial charge < -0.3 is 5.11 Å². The maximum atomic E-state index is 13.3. The van der Waals surface area contributed by atoms with Gasteiger partial charge >= 0.3 is 5.97 Å². The summed E-state index contributed by atoms with van der Waals surface area (Å²) in [5.74, 6) is -1.72. The fourth-order valence-electron chi connectivity index (χ4n) is 1.26. The molecule has 0 aliphatic heterocycles. The Kier molecular flexibility index (Phi) is 1.89. The number of nitrogens with zero attached hydrogens (tertiary/aromatic N) is 1. The Balaban J connectivity index is 2.78. The number of halogens is 1. The van der Waals surface area contributed by atoms with Gasteiger partial charge in [-0.2, -0.15) is 0 Å². The fraction of sp³-hybridized carbons (Fsp3) is 0. The van der Waals surface area contributed by atoms with Gasteiger partial charge in [0.2, 0.25) is 0 Å². The maximum Gasteiger partial charge on any atom is 0.335 e. The number of fused-ring (bicyclic) bond motifs is 1. The molecule has 0 unspecified atom stereocenters. The molecule has 0 saturated carbocycles. The summed E-state index contributed by atoms with van der Waals surface area (Å²) in [6.45, 7) is 0. The first-order valence-electron chi connectivity index (χ1n) is 3.96. The van der Waals surface area contributed by atoms with E-state index in [1.165, 1.54) is 12.3 Å². The molecule has 3 nitrogen and oxygen atoms in total. The second-order valence-corrected chi connectivity index (χ2v) is 2.83. The highest BCUT2D eigenvalue weighted by atomic mass is 19.1. The van der Waals surface area contributed by atoms with Gasteiger partial charge in [0.05, 0.1) is 11.1 Å². The summed E-state index contributed by atoms with van der Waals surface area (Å²) >= 11 is 0. The molecule has 14 heavy (non-hydrogen) atoms. The summed E-state index contributed by atoms with van der Waals surface area (Å²) in [6.07, 6.45) is 1.49. The van der Waals surface area contributed by atoms with E-state index in [0.29, 0.717) is 10.9 Å². The number of pyridine rings is 1. The Labute approximate surface area is 78.8 Å². The van der Waals surface area contributed by atoms with Crippen molar-refractivity contribution >= 4 is 16.9 Å². The summed E-state index contributed by atoms with van der Waals surface area (Å²) in [7, 11) is 0. The summed E-state index contributed by atoms with van der Waals surface area (Å²) in [6, 6.07) is 5.50. The van der Waals surface area contributed by atoms with E-state index in [1.807, 2.05) is 0 Å². The van der Waals surface area contributed by atoms with Gasteiger partial charge in [-0.05, 0) is 24.3 Å². The van der Waals surface area contributed by atoms with Crippen LogP contribution in [-0.2, 0) is 0 Å². The fourth-order valence-corrected chi connectivity index (χ4v) is 1.26. The van der Waals surface area contributed by atoms with Crippen molar-refractivity contribution in [3.63, 3.8) is 0 Å². The van der Waals surface area contributed by atoms with Crippen molar-refractivity contribution in [2.45, 2.75) is 0 Å². The molecule has 1 aromatic heterocycles. The molecule has 0 saturated heterocycles. The van der Waals surface area contributed by atoms with Gasteiger partial charge in [-0.1, -0.05) is 0 Å². The molecule has 1 N–H and O–H groups in total. The van der Waals surface area contributed by atoms with E-state index in [9.17, 15) is 9.18 Å². The third-order valence-electron chi connectivity index (χ3n) is 1.92. The van der Waals surface area contributed by atoms with Gasteiger partial charge in [0.15, 0.2) is 0 Å². The van der Waals surface area contributed by atoms with Crippen LogP contribution in [0.3, 0.4) is 0 Å². The molecular formula is C10H6FNO2. The van der Waals surface area contributed by atoms with Crippen molar-refractivity contribution in [3.05, 3.63) is 41.8 Å². The number of hydrogen-bond acceptors (Lipinski definition) is 2. The van der Waals surface area contributed by atoms with Gasteiger partial charge in [0.25, 0.3) is 0 Å². The minimum atomic E-state index is -1.16. The minimum Gasteiger partial charge on any atom is -0.478 e. The van der Waals surface area contributed by atoms with Gasteiger partial charge in [0, 0.05) is 11.6 Å². The Morgan fingerprint density at radius 1 is 1.43 bits per heavy atom. The van der Waals surface area contributed by atoms with Crippen molar-refractivity contribution in [3.8, 4) is 0 Å². The van der Waals surface area contributed by atoms with Crippen molar-refractivity contribution in [2.75, 3.05) is 0 Å². The van der Waals surface area contributed by atoms with E-state index >= 15 is 0 Å². The highest BCUT2D eigenvalue weighted by Gasteiger charge is 2.08. The molecule has 0 fully saturated rings. The van der Waals surface area contributed by atoms with Crippen molar-refractivity contribution in [1.82, 2.24) is 4.98 Å². The van der Waals surface area contributed by atoms with Crippen LogP contribution in [0.2, 0.25) is 0 Å². The second kappa shape index (κ2) is 3.06. The zero-order chi connectivity index (χ0) is 10.1. The van der Waals surface area contributed by atoms with E-state index in [2.05, 4.69) is 4.98 Å². The predicted octanol–water partition coefficient (Wildman–Crippen LogP) is 2.07. The molecule has 0 aliphatic rings. The van der Waals surface area contributed by atoms with Crippen LogP contribution in [0.15, 0.2) is 30.5 Å². The zero-order valence-corrected chi connectivity index (χ0v) is 7.07. The predicted molar refractivity (Wildman–Crippen MR) is 48.7 cm³/mol. The average Bonchev–Trinajstić information content (AvgIpc) is 2.17. The van der Waals surface area contributed by atoms with E-state index in [4.69, 9.17) is 5.11 Å². The Bertz CT molecular complexity index is 510. The van der Waals surface area contributed by atoms with Crippen LogP contribution in [0.5, 0.6) is 0 Å². The first-order chi connectivity index (χ1) is 6.68.